The Balaban J connectivity index is 2.12. The van der Waals surface area contributed by atoms with Crippen LogP contribution >= 0.6 is 0 Å². The molecule has 2 saturated heterocycles. The third-order valence-corrected chi connectivity index (χ3v) is 2.40. The molecule has 56 valence electrons. The number of nitrogens with zero attached hydrogens (tertiary/aromatic N) is 1. The van der Waals surface area contributed by atoms with E-state index in [1.165, 1.54) is 0 Å². The molecule has 2 atom stereocenters. The Bertz CT molecular complexity index is 169. The van der Waals surface area contributed by atoms with Gasteiger partial charge < -0.3 is 5.11 Å². The van der Waals surface area contributed by atoms with Crippen LogP contribution in [0.3, 0.4) is 0 Å². The van der Waals surface area contributed by atoms with E-state index in [9.17, 15) is 4.79 Å². The molecule has 10 heavy (non-hydrogen) atoms. The molecule has 0 bridgehead atoms. The Hall–Kier alpha value is -0.410. The normalized spacial score (nSPS) is 40.7. The number of fused-ring (bicyclic) bond motifs is 1. The monoisotopic (exact) mass is 141 g/mol. The van der Waals surface area contributed by atoms with Crippen LogP contribution in [-0.2, 0) is 4.79 Å². The number of aliphatic hydroxyl groups is 1. The summed E-state index contributed by atoms with van der Waals surface area (Å²) in [5.41, 5.74) is 0. The maximum atomic E-state index is 11.0. The van der Waals surface area contributed by atoms with Crippen molar-refractivity contribution in [1.29, 1.82) is 0 Å². The van der Waals surface area contributed by atoms with Gasteiger partial charge in [0, 0.05) is 19.5 Å². The molecule has 2 fully saturated rings. The second kappa shape index (κ2) is 2.04. The standard InChI is InChI=1S/C7H11NO2/c9-5-3-6-7(10)1-2-8(6)4-5/h5-6,9H,1-4H2. The van der Waals surface area contributed by atoms with Gasteiger partial charge in [-0.05, 0) is 6.42 Å². The molecule has 0 aromatic rings. The van der Waals surface area contributed by atoms with Crippen LogP contribution in [0, 0.1) is 0 Å². The molecule has 2 aliphatic rings. The third kappa shape index (κ3) is 0.777. The molecule has 2 unspecified atom stereocenters. The van der Waals surface area contributed by atoms with E-state index in [4.69, 9.17) is 5.11 Å². The van der Waals surface area contributed by atoms with Crippen LogP contribution in [0.5, 0.6) is 0 Å². The lowest BCUT2D eigenvalue weighted by Gasteiger charge is -2.10. The Labute approximate surface area is 59.6 Å². The highest BCUT2D eigenvalue weighted by Crippen LogP contribution is 2.24. The number of rotatable bonds is 0. The van der Waals surface area contributed by atoms with E-state index < -0.39 is 0 Å². The van der Waals surface area contributed by atoms with Gasteiger partial charge in [-0.15, -0.1) is 0 Å². The zero-order valence-electron chi connectivity index (χ0n) is 5.79. The zero-order valence-corrected chi connectivity index (χ0v) is 5.79. The van der Waals surface area contributed by atoms with Gasteiger partial charge in [0.25, 0.3) is 0 Å². The van der Waals surface area contributed by atoms with Crippen LogP contribution < -0.4 is 0 Å². The predicted octanol–water partition coefficient (Wildman–Crippen LogP) is -0.606. The molecule has 2 aliphatic heterocycles. The van der Waals surface area contributed by atoms with Crippen molar-refractivity contribution in [2.45, 2.75) is 25.0 Å². The molecule has 2 rings (SSSR count). The predicted molar refractivity (Wildman–Crippen MR) is 35.6 cm³/mol. The van der Waals surface area contributed by atoms with Crippen LogP contribution in [0.4, 0.5) is 0 Å². The highest BCUT2D eigenvalue weighted by Gasteiger charge is 2.39. The van der Waals surface area contributed by atoms with Crippen LogP contribution in [0.1, 0.15) is 12.8 Å². The lowest BCUT2D eigenvalue weighted by Crippen LogP contribution is -2.25. The quantitative estimate of drug-likeness (QED) is 0.489. The summed E-state index contributed by atoms with van der Waals surface area (Å²) in [5, 5.41) is 9.16. The molecular formula is C7H11NO2. The smallest absolute Gasteiger partial charge is 0.151 e. The first kappa shape index (κ1) is 6.31. The molecule has 2 heterocycles. The zero-order chi connectivity index (χ0) is 7.14. The van der Waals surface area contributed by atoms with Gasteiger partial charge in [-0.3, -0.25) is 9.69 Å². The summed E-state index contributed by atoms with van der Waals surface area (Å²) in [6, 6.07) is 0.0648. The molecule has 0 aromatic carbocycles. The summed E-state index contributed by atoms with van der Waals surface area (Å²) >= 11 is 0. The number of hydrogen-bond donors (Lipinski definition) is 1. The van der Waals surface area contributed by atoms with Crippen molar-refractivity contribution in [2.75, 3.05) is 13.1 Å². The van der Waals surface area contributed by atoms with Crippen molar-refractivity contribution in [3.63, 3.8) is 0 Å². The van der Waals surface area contributed by atoms with E-state index in [1.54, 1.807) is 0 Å². The second-order valence-electron chi connectivity index (χ2n) is 3.12. The van der Waals surface area contributed by atoms with Gasteiger partial charge in [0.15, 0.2) is 5.78 Å². The minimum absolute atomic E-state index is 0.0648. The largest absolute Gasteiger partial charge is 0.392 e. The highest BCUT2D eigenvalue weighted by atomic mass is 16.3. The average molecular weight is 141 g/mol. The van der Waals surface area contributed by atoms with Gasteiger partial charge in [-0.2, -0.15) is 0 Å². The Kier molecular flexibility index (Phi) is 1.28. The van der Waals surface area contributed by atoms with Gasteiger partial charge in [-0.1, -0.05) is 0 Å². The first-order valence-electron chi connectivity index (χ1n) is 3.72. The lowest BCUT2D eigenvalue weighted by molar-refractivity contribution is -0.119. The fraction of sp³-hybridized carbons (Fsp3) is 0.857. The molecule has 1 N–H and O–H groups in total. The molecule has 0 aliphatic carbocycles. The molecule has 3 nitrogen and oxygen atoms in total. The van der Waals surface area contributed by atoms with Crippen molar-refractivity contribution in [1.82, 2.24) is 4.90 Å². The molecular weight excluding hydrogens is 130 g/mol. The van der Waals surface area contributed by atoms with Crippen LogP contribution in [-0.4, -0.2) is 41.0 Å². The minimum atomic E-state index is -0.255. The number of ketones is 1. The summed E-state index contributed by atoms with van der Waals surface area (Å²) in [4.78, 5) is 13.1. The molecule has 0 aromatic heterocycles. The van der Waals surface area contributed by atoms with Crippen LogP contribution in [0.15, 0.2) is 0 Å². The molecule has 0 amide bonds. The Morgan fingerprint density at radius 2 is 2.40 bits per heavy atom. The second-order valence-corrected chi connectivity index (χ2v) is 3.12. The summed E-state index contributed by atoms with van der Waals surface area (Å²) in [6.07, 6.45) is 1.10. The van der Waals surface area contributed by atoms with E-state index in [0.29, 0.717) is 25.2 Å². The Morgan fingerprint density at radius 3 is 3.10 bits per heavy atom. The van der Waals surface area contributed by atoms with E-state index in [0.717, 1.165) is 6.54 Å². The number of carbonyl (C=O) groups excluding carboxylic acids is 1. The van der Waals surface area contributed by atoms with E-state index in [1.807, 2.05) is 0 Å². The van der Waals surface area contributed by atoms with Crippen LogP contribution in [0.2, 0.25) is 0 Å². The van der Waals surface area contributed by atoms with Gasteiger partial charge >= 0.3 is 0 Å². The average Bonchev–Trinajstić information content (AvgIpc) is 2.35. The van der Waals surface area contributed by atoms with Gasteiger partial charge in [0.05, 0.1) is 12.1 Å². The lowest BCUT2D eigenvalue weighted by atomic mass is 10.1. The van der Waals surface area contributed by atoms with Crippen molar-refractivity contribution in [3.05, 3.63) is 0 Å². The highest BCUT2D eigenvalue weighted by molar-refractivity contribution is 5.86. The van der Waals surface area contributed by atoms with Crippen molar-refractivity contribution in [2.24, 2.45) is 0 Å². The van der Waals surface area contributed by atoms with E-state index in [-0.39, 0.29) is 12.1 Å². The number of aliphatic hydroxyl groups excluding tert-OH is 1. The van der Waals surface area contributed by atoms with Crippen molar-refractivity contribution < 1.29 is 9.90 Å². The SMILES string of the molecule is O=C1CCN2CC(O)CC12. The molecule has 3 heteroatoms. The summed E-state index contributed by atoms with van der Waals surface area (Å²) < 4.78 is 0. The molecule has 0 saturated carbocycles. The number of carbonyl (C=O) groups is 1. The summed E-state index contributed by atoms with van der Waals surface area (Å²) in [7, 11) is 0. The first-order chi connectivity index (χ1) is 4.77. The first-order valence-corrected chi connectivity index (χ1v) is 3.72. The summed E-state index contributed by atoms with van der Waals surface area (Å²) in [5.74, 6) is 0.316. The third-order valence-electron chi connectivity index (χ3n) is 2.40. The minimum Gasteiger partial charge on any atom is -0.392 e. The molecule has 0 spiro atoms. The van der Waals surface area contributed by atoms with E-state index >= 15 is 0 Å². The van der Waals surface area contributed by atoms with E-state index in [2.05, 4.69) is 4.90 Å². The van der Waals surface area contributed by atoms with Gasteiger partial charge in [-0.25, -0.2) is 0 Å². The number of hydrogen-bond acceptors (Lipinski definition) is 3. The topological polar surface area (TPSA) is 40.5 Å². The Morgan fingerprint density at radius 1 is 1.60 bits per heavy atom. The summed E-state index contributed by atoms with van der Waals surface area (Å²) in [6.45, 7) is 1.57. The van der Waals surface area contributed by atoms with Crippen LogP contribution in [0.25, 0.3) is 0 Å². The van der Waals surface area contributed by atoms with Gasteiger partial charge in [0.1, 0.15) is 0 Å². The van der Waals surface area contributed by atoms with Crippen molar-refractivity contribution in [3.8, 4) is 0 Å². The maximum absolute atomic E-state index is 11.0. The van der Waals surface area contributed by atoms with Gasteiger partial charge in [0.2, 0.25) is 0 Å². The fourth-order valence-corrected chi connectivity index (χ4v) is 1.88. The maximum Gasteiger partial charge on any atom is 0.151 e. The van der Waals surface area contributed by atoms with Crippen molar-refractivity contribution >= 4 is 5.78 Å². The number of Topliss-reactive ketones (excluding diaryl/α,β-unsaturated/α-hetero) is 1. The fourth-order valence-electron chi connectivity index (χ4n) is 1.88. The molecule has 0 radical (unpaired) electrons.